The minimum absolute atomic E-state index is 0.616. The van der Waals surface area contributed by atoms with Gasteiger partial charge in [0.15, 0.2) is 0 Å². The molecule has 0 spiro atoms. The molecule has 2 rings (SSSR count). The predicted octanol–water partition coefficient (Wildman–Crippen LogP) is 4.62. The molecule has 21 heavy (non-hydrogen) atoms. The zero-order valence-electron chi connectivity index (χ0n) is 12.7. The van der Waals surface area contributed by atoms with Gasteiger partial charge in [-0.2, -0.15) is 0 Å². The van der Waals surface area contributed by atoms with E-state index in [4.69, 9.17) is 0 Å². The number of nitrogens with one attached hydrogen (secondary N) is 1. The molecule has 1 N–H and O–H groups in total. The summed E-state index contributed by atoms with van der Waals surface area (Å²) in [6, 6.07) is 8.65. The quantitative estimate of drug-likeness (QED) is 0.689. The van der Waals surface area contributed by atoms with E-state index in [0.29, 0.717) is 5.92 Å². The third-order valence-corrected chi connectivity index (χ3v) is 4.86. The number of benzene rings is 1. The highest BCUT2D eigenvalue weighted by Gasteiger charge is 2.12. The smallest absolute Gasteiger partial charge is 0.0896 e. The molecule has 2 nitrogen and oxygen atoms in total. The van der Waals surface area contributed by atoms with Crippen LogP contribution in [0.1, 0.15) is 28.8 Å². The van der Waals surface area contributed by atoms with Crippen LogP contribution in [0.5, 0.6) is 0 Å². The van der Waals surface area contributed by atoms with Crippen molar-refractivity contribution in [2.45, 2.75) is 33.1 Å². The Balaban J connectivity index is 2.00. The van der Waals surface area contributed by atoms with E-state index >= 15 is 0 Å². The Morgan fingerprint density at radius 2 is 2.19 bits per heavy atom. The molecule has 1 atom stereocenters. The SMILES string of the molecule is CCCNCC(Cc1cccc(Br)c1)Cc1cnc(C)s1. The van der Waals surface area contributed by atoms with Crippen LogP contribution in [0.2, 0.25) is 0 Å². The first-order valence-electron chi connectivity index (χ1n) is 7.54. The third kappa shape index (κ3) is 5.89. The molecule has 0 aliphatic rings. The minimum Gasteiger partial charge on any atom is -0.316 e. The molecule has 0 aliphatic heterocycles. The van der Waals surface area contributed by atoms with Crippen LogP contribution >= 0.6 is 27.3 Å². The van der Waals surface area contributed by atoms with E-state index in [1.54, 1.807) is 0 Å². The Labute approximate surface area is 140 Å². The van der Waals surface area contributed by atoms with Gasteiger partial charge in [0.05, 0.1) is 5.01 Å². The van der Waals surface area contributed by atoms with Gasteiger partial charge < -0.3 is 5.32 Å². The van der Waals surface area contributed by atoms with Crippen molar-refractivity contribution in [2.24, 2.45) is 5.92 Å². The second kappa shape index (κ2) is 8.66. The van der Waals surface area contributed by atoms with Crippen LogP contribution in [-0.2, 0) is 12.8 Å². The number of halogens is 1. The Bertz CT molecular complexity index is 553. The largest absolute Gasteiger partial charge is 0.316 e. The van der Waals surface area contributed by atoms with Crippen molar-refractivity contribution in [1.29, 1.82) is 0 Å². The van der Waals surface area contributed by atoms with Crippen molar-refractivity contribution >= 4 is 27.3 Å². The van der Waals surface area contributed by atoms with Gasteiger partial charge in [0.1, 0.15) is 0 Å². The zero-order chi connectivity index (χ0) is 15.1. The molecule has 1 aromatic carbocycles. The lowest BCUT2D eigenvalue weighted by Gasteiger charge is -2.17. The summed E-state index contributed by atoms with van der Waals surface area (Å²) in [6.07, 6.45) is 5.43. The molecular weight excluding hydrogens is 344 g/mol. The van der Waals surface area contributed by atoms with Crippen LogP contribution in [0, 0.1) is 12.8 Å². The molecule has 0 amide bonds. The van der Waals surface area contributed by atoms with Crippen LogP contribution in [0.25, 0.3) is 0 Å². The summed E-state index contributed by atoms with van der Waals surface area (Å²) >= 11 is 5.38. The number of nitrogens with zero attached hydrogens (tertiary/aromatic N) is 1. The predicted molar refractivity (Wildman–Crippen MR) is 95.1 cm³/mol. The third-order valence-electron chi connectivity index (χ3n) is 3.43. The Kier molecular flexibility index (Phi) is 6.87. The maximum atomic E-state index is 4.38. The van der Waals surface area contributed by atoms with Crippen molar-refractivity contribution in [3.8, 4) is 0 Å². The van der Waals surface area contributed by atoms with Gasteiger partial charge in [-0.15, -0.1) is 11.3 Å². The standard InChI is InChI=1S/C17H23BrN2S/c1-3-7-19-11-15(10-17-12-20-13(2)21-17)8-14-5-4-6-16(18)9-14/h4-6,9,12,15,19H,3,7-8,10-11H2,1-2H3. The first-order valence-corrected chi connectivity index (χ1v) is 9.14. The fourth-order valence-electron chi connectivity index (χ4n) is 2.48. The molecule has 0 bridgehead atoms. The number of hydrogen-bond acceptors (Lipinski definition) is 3. The van der Waals surface area contributed by atoms with Crippen LogP contribution in [0.4, 0.5) is 0 Å². The molecule has 2 aromatic rings. The van der Waals surface area contributed by atoms with Crippen LogP contribution < -0.4 is 5.32 Å². The average Bonchev–Trinajstić information content (AvgIpc) is 2.84. The number of rotatable bonds is 8. The van der Waals surface area contributed by atoms with E-state index in [-0.39, 0.29) is 0 Å². The topological polar surface area (TPSA) is 24.9 Å². The fourth-order valence-corrected chi connectivity index (χ4v) is 3.84. The minimum atomic E-state index is 0.616. The van der Waals surface area contributed by atoms with Gasteiger partial charge in [0, 0.05) is 15.5 Å². The second-order valence-electron chi connectivity index (χ2n) is 5.45. The van der Waals surface area contributed by atoms with Crippen molar-refractivity contribution in [3.63, 3.8) is 0 Å². The van der Waals surface area contributed by atoms with Gasteiger partial charge in [0.2, 0.25) is 0 Å². The summed E-state index contributed by atoms with van der Waals surface area (Å²) in [5, 5.41) is 4.73. The van der Waals surface area contributed by atoms with E-state index < -0.39 is 0 Å². The van der Waals surface area contributed by atoms with E-state index in [2.05, 4.69) is 64.3 Å². The number of aryl methyl sites for hydroxylation is 1. The lowest BCUT2D eigenvalue weighted by molar-refractivity contribution is 0.473. The molecular formula is C17H23BrN2S. The molecule has 0 radical (unpaired) electrons. The fraction of sp³-hybridized carbons (Fsp3) is 0.471. The summed E-state index contributed by atoms with van der Waals surface area (Å²) in [7, 11) is 0. The van der Waals surface area contributed by atoms with E-state index in [0.717, 1.165) is 35.4 Å². The highest BCUT2D eigenvalue weighted by atomic mass is 79.9. The molecule has 0 fully saturated rings. The average molecular weight is 367 g/mol. The summed E-state index contributed by atoms with van der Waals surface area (Å²) in [5.74, 6) is 0.616. The summed E-state index contributed by atoms with van der Waals surface area (Å²) < 4.78 is 1.16. The molecule has 114 valence electrons. The molecule has 0 saturated heterocycles. The summed E-state index contributed by atoms with van der Waals surface area (Å²) in [4.78, 5) is 5.77. The lowest BCUT2D eigenvalue weighted by Crippen LogP contribution is -2.26. The first kappa shape index (κ1) is 16.7. The molecule has 4 heteroatoms. The van der Waals surface area contributed by atoms with Crippen LogP contribution in [-0.4, -0.2) is 18.1 Å². The van der Waals surface area contributed by atoms with E-state index in [9.17, 15) is 0 Å². The number of hydrogen-bond donors (Lipinski definition) is 1. The Morgan fingerprint density at radius 3 is 2.86 bits per heavy atom. The second-order valence-corrected chi connectivity index (χ2v) is 7.69. The van der Waals surface area contributed by atoms with Crippen molar-refractivity contribution < 1.29 is 0 Å². The van der Waals surface area contributed by atoms with Crippen molar-refractivity contribution in [3.05, 3.63) is 50.4 Å². The molecule has 0 aliphatic carbocycles. The Hall–Kier alpha value is -0.710. The Morgan fingerprint density at radius 1 is 1.33 bits per heavy atom. The van der Waals surface area contributed by atoms with Crippen molar-refractivity contribution in [2.75, 3.05) is 13.1 Å². The van der Waals surface area contributed by atoms with Crippen LogP contribution in [0.3, 0.4) is 0 Å². The van der Waals surface area contributed by atoms with E-state index in [1.807, 2.05) is 17.5 Å². The molecule has 1 heterocycles. The van der Waals surface area contributed by atoms with Gasteiger partial charge in [0.25, 0.3) is 0 Å². The highest BCUT2D eigenvalue weighted by Crippen LogP contribution is 2.20. The van der Waals surface area contributed by atoms with Gasteiger partial charge in [-0.05, 0) is 62.9 Å². The molecule has 0 saturated carbocycles. The normalized spacial score (nSPS) is 12.5. The maximum Gasteiger partial charge on any atom is 0.0896 e. The maximum absolute atomic E-state index is 4.38. The van der Waals surface area contributed by atoms with Crippen molar-refractivity contribution in [1.82, 2.24) is 10.3 Å². The monoisotopic (exact) mass is 366 g/mol. The van der Waals surface area contributed by atoms with E-state index in [1.165, 1.54) is 16.9 Å². The number of thiazole rings is 1. The summed E-state index contributed by atoms with van der Waals surface area (Å²) in [6.45, 7) is 6.45. The van der Waals surface area contributed by atoms with Gasteiger partial charge in [-0.25, -0.2) is 4.98 Å². The zero-order valence-corrected chi connectivity index (χ0v) is 15.1. The highest BCUT2D eigenvalue weighted by molar-refractivity contribution is 9.10. The summed E-state index contributed by atoms with van der Waals surface area (Å²) in [5.41, 5.74) is 1.40. The lowest BCUT2D eigenvalue weighted by atomic mass is 9.95. The van der Waals surface area contributed by atoms with Crippen LogP contribution in [0.15, 0.2) is 34.9 Å². The molecule has 1 aromatic heterocycles. The number of aromatic nitrogens is 1. The van der Waals surface area contributed by atoms with Gasteiger partial charge in [-0.1, -0.05) is 35.0 Å². The first-order chi connectivity index (χ1) is 10.2. The van der Waals surface area contributed by atoms with Gasteiger partial charge in [-0.3, -0.25) is 0 Å². The van der Waals surface area contributed by atoms with Gasteiger partial charge >= 0.3 is 0 Å². The molecule has 1 unspecified atom stereocenters.